The normalized spacial score (nSPS) is 12.2. The molecule has 0 aliphatic rings. The van der Waals surface area contributed by atoms with Crippen molar-refractivity contribution in [3.63, 3.8) is 0 Å². The van der Waals surface area contributed by atoms with Gasteiger partial charge in [-0.2, -0.15) is 5.10 Å². The van der Waals surface area contributed by atoms with E-state index in [2.05, 4.69) is 15.4 Å². The first kappa shape index (κ1) is 24.4. The van der Waals surface area contributed by atoms with Crippen LogP contribution in [0.15, 0.2) is 70.5 Å². The van der Waals surface area contributed by atoms with E-state index in [4.69, 9.17) is 9.15 Å². The molecule has 0 bridgehead atoms. The highest BCUT2D eigenvalue weighted by molar-refractivity contribution is 6.08. The van der Waals surface area contributed by atoms with E-state index in [0.29, 0.717) is 35.0 Å². The van der Waals surface area contributed by atoms with Crippen LogP contribution in [0.2, 0.25) is 0 Å². The van der Waals surface area contributed by atoms with Crippen molar-refractivity contribution >= 4 is 35.4 Å². The van der Waals surface area contributed by atoms with Crippen molar-refractivity contribution in [1.82, 2.24) is 4.98 Å². The van der Waals surface area contributed by atoms with Crippen molar-refractivity contribution in [2.24, 2.45) is 11.0 Å². The van der Waals surface area contributed by atoms with E-state index in [1.165, 1.54) is 12.3 Å². The number of aromatic nitrogens is 1. The van der Waals surface area contributed by atoms with Crippen molar-refractivity contribution in [2.75, 3.05) is 10.3 Å². The zero-order valence-electron chi connectivity index (χ0n) is 19.4. The molecule has 34 heavy (non-hydrogen) atoms. The third-order valence-electron chi connectivity index (χ3n) is 4.88. The Labute approximate surface area is 197 Å². The number of anilines is 2. The van der Waals surface area contributed by atoms with E-state index in [9.17, 15) is 14.4 Å². The Hall–Kier alpha value is -4.27. The average Bonchev–Trinajstić information content (AvgIpc) is 3.37. The fraction of sp³-hybridized carbons (Fsp3) is 0.240. The molecule has 1 heterocycles. The fourth-order valence-corrected chi connectivity index (χ4v) is 2.99. The molecule has 3 aromatic rings. The summed E-state index contributed by atoms with van der Waals surface area (Å²) in [4.78, 5) is 40.8. The van der Waals surface area contributed by atoms with E-state index >= 15 is 0 Å². The number of rotatable bonds is 9. The summed E-state index contributed by atoms with van der Waals surface area (Å²) in [5, 5.41) is 8.21. The summed E-state index contributed by atoms with van der Waals surface area (Å²) in [5.41, 5.74) is 2.37. The summed E-state index contributed by atoms with van der Waals surface area (Å²) in [5.74, 6) is -0.987. The van der Waals surface area contributed by atoms with Gasteiger partial charge in [-0.15, -0.1) is 0 Å². The van der Waals surface area contributed by atoms with E-state index in [-0.39, 0.29) is 12.0 Å². The largest absolute Gasteiger partial charge is 0.459 e. The summed E-state index contributed by atoms with van der Waals surface area (Å²) >= 11 is 0. The number of nitrogens with one attached hydrogen (secondary N) is 1. The Balaban J connectivity index is 1.73. The molecule has 2 amide bonds. The minimum atomic E-state index is -0.637. The molecule has 1 aromatic heterocycles. The van der Waals surface area contributed by atoms with Gasteiger partial charge in [-0.25, -0.2) is 14.8 Å². The van der Waals surface area contributed by atoms with Crippen LogP contribution >= 0.6 is 0 Å². The van der Waals surface area contributed by atoms with Crippen LogP contribution in [0.1, 0.15) is 38.1 Å². The molecule has 0 saturated heterocycles. The molecule has 1 atom stereocenters. The zero-order chi connectivity index (χ0) is 24.7. The van der Waals surface area contributed by atoms with Crippen LogP contribution in [0.5, 0.6) is 0 Å². The van der Waals surface area contributed by atoms with Crippen LogP contribution in [0.3, 0.4) is 0 Å². The van der Waals surface area contributed by atoms with Crippen LogP contribution < -0.4 is 10.3 Å². The fourth-order valence-electron chi connectivity index (χ4n) is 2.99. The van der Waals surface area contributed by atoms with Crippen molar-refractivity contribution in [3.8, 4) is 11.5 Å². The highest BCUT2D eigenvalue weighted by atomic mass is 16.5. The molecular formula is C25H26N4O5. The first-order valence-corrected chi connectivity index (χ1v) is 10.7. The van der Waals surface area contributed by atoms with Crippen molar-refractivity contribution in [1.29, 1.82) is 0 Å². The molecule has 1 N–H and O–H groups in total. The van der Waals surface area contributed by atoms with Gasteiger partial charge in [0.15, 0.2) is 0 Å². The Kier molecular flexibility index (Phi) is 7.92. The van der Waals surface area contributed by atoms with Crippen LogP contribution in [0.25, 0.3) is 11.5 Å². The molecule has 3 rings (SSSR count). The molecule has 0 aliphatic carbocycles. The molecule has 0 spiro atoms. The predicted octanol–water partition coefficient (Wildman–Crippen LogP) is 4.52. The van der Waals surface area contributed by atoms with Gasteiger partial charge in [-0.3, -0.25) is 9.59 Å². The van der Waals surface area contributed by atoms with Crippen molar-refractivity contribution < 1.29 is 23.5 Å². The number of esters is 1. The average molecular weight is 463 g/mol. The highest BCUT2D eigenvalue weighted by Crippen LogP contribution is 2.22. The predicted molar refractivity (Wildman–Crippen MR) is 128 cm³/mol. The van der Waals surface area contributed by atoms with E-state index in [0.717, 1.165) is 10.6 Å². The van der Waals surface area contributed by atoms with Crippen molar-refractivity contribution in [2.45, 2.75) is 33.8 Å². The van der Waals surface area contributed by atoms with Gasteiger partial charge in [-0.05, 0) is 64.1 Å². The van der Waals surface area contributed by atoms with Crippen LogP contribution in [0.4, 0.5) is 11.4 Å². The molecular weight excluding hydrogens is 436 g/mol. The Morgan fingerprint density at radius 1 is 1.15 bits per heavy atom. The first-order chi connectivity index (χ1) is 16.3. The number of hydrogen-bond acceptors (Lipinski definition) is 7. The lowest BCUT2D eigenvalue weighted by Gasteiger charge is -2.17. The minimum absolute atomic E-state index is 0.269. The standard InChI is InChI=1S/C25H26N4O5/c1-16(2)34-25(32)20-8-6-10-22(14-20)29(15-30)28-18(4)17(3)23(31)27-21-9-5-7-19(13-21)24-26-11-12-33-24/h5-17H,1-4H3,(H,27,31)/b28-18-. The second-order valence-corrected chi connectivity index (χ2v) is 7.82. The van der Waals surface area contributed by atoms with E-state index < -0.39 is 11.9 Å². The van der Waals surface area contributed by atoms with Gasteiger partial charge in [0.25, 0.3) is 0 Å². The smallest absolute Gasteiger partial charge is 0.338 e. The maximum Gasteiger partial charge on any atom is 0.338 e. The van der Waals surface area contributed by atoms with Gasteiger partial charge in [0.05, 0.1) is 29.5 Å². The monoisotopic (exact) mass is 462 g/mol. The van der Waals surface area contributed by atoms with Gasteiger partial charge in [0.1, 0.15) is 6.26 Å². The molecule has 9 heteroatoms. The summed E-state index contributed by atoms with van der Waals surface area (Å²) < 4.78 is 10.5. The second-order valence-electron chi connectivity index (χ2n) is 7.82. The summed E-state index contributed by atoms with van der Waals surface area (Å²) in [7, 11) is 0. The quantitative estimate of drug-likeness (QED) is 0.216. The summed E-state index contributed by atoms with van der Waals surface area (Å²) in [6.07, 6.45) is 3.27. The SMILES string of the molecule is C/C(=N/N(C=O)c1cccc(C(=O)OC(C)C)c1)C(C)C(=O)Nc1cccc(-c2ncco2)c1. The number of carbonyl (C=O) groups excluding carboxylic acids is 3. The van der Waals surface area contributed by atoms with E-state index in [1.807, 2.05) is 6.07 Å². The molecule has 9 nitrogen and oxygen atoms in total. The molecule has 0 radical (unpaired) electrons. The summed E-state index contributed by atoms with van der Waals surface area (Å²) in [6, 6.07) is 13.5. The maximum atomic E-state index is 12.8. The summed E-state index contributed by atoms with van der Waals surface area (Å²) in [6.45, 7) is 6.85. The van der Waals surface area contributed by atoms with Crippen molar-refractivity contribution in [3.05, 3.63) is 66.6 Å². The van der Waals surface area contributed by atoms with Crippen LogP contribution in [0, 0.1) is 5.92 Å². The third-order valence-corrected chi connectivity index (χ3v) is 4.88. The molecule has 0 fully saturated rings. The lowest BCUT2D eigenvalue weighted by Crippen LogP contribution is -2.28. The molecule has 2 aromatic carbocycles. The molecule has 0 saturated carbocycles. The Bertz CT molecular complexity index is 1190. The van der Waals surface area contributed by atoms with Gasteiger partial charge in [0, 0.05) is 17.0 Å². The van der Waals surface area contributed by atoms with Gasteiger partial charge < -0.3 is 14.5 Å². The number of hydrogen-bond donors (Lipinski definition) is 1. The van der Waals surface area contributed by atoms with Gasteiger partial charge in [0.2, 0.25) is 18.2 Å². The van der Waals surface area contributed by atoms with Gasteiger partial charge >= 0.3 is 5.97 Å². The number of hydrazone groups is 1. The molecule has 1 unspecified atom stereocenters. The maximum absolute atomic E-state index is 12.8. The molecule has 0 aliphatic heterocycles. The number of benzene rings is 2. The Morgan fingerprint density at radius 2 is 1.91 bits per heavy atom. The highest BCUT2D eigenvalue weighted by Gasteiger charge is 2.19. The second kappa shape index (κ2) is 11.0. The van der Waals surface area contributed by atoms with Crippen LogP contribution in [-0.4, -0.2) is 35.1 Å². The first-order valence-electron chi connectivity index (χ1n) is 10.7. The number of carbonyl (C=O) groups is 3. The number of oxazole rings is 1. The topological polar surface area (TPSA) is 114 Å². The number of amides is 2. The van der Waals surface area contributed by atoms with Gasteiger partial charge in [-0.1, -0.05) is 12.1 Å². The number of nitrogens with zero attached hydrogens (tertiary/aromatic N) is 3. The molecule has 176 valence electrons. The third kappa shape index (κ3) is 6.16. The lowest BCUT2D eigenvalue weighted by molar-refractivity contribution is -0.117. The van der Waals surface area contributed by atoms with Crippen LogP contribution in [-0.2, 0) is 14.3 Å². The lowest BCUT2D eigenvalue weighted by atomic mass is 10.1. The van der Waals surface area contributed by atoms with E-state index in [1.54, 1.807) is 70.3 Å². The Morgan fingerprint density at radius 3 is 2.59 bits per heavy atom. The number of ether oxygens (including phenoxy) is 1. The zero-order valence-corrected chi connectivity index (χ0v) is 19.4. The minimum Gasteiger partial charge on any atom is -0.459 e.